The number of hydrogen-bond donors (Lipinski definition) is 1. The van der Waals surface area contributed by atoms with Gasteiger partial charge in [-0.15, -0.1) is 11.3 Å². The Balaban J connectivity index is 1.76. The highest BCUT2D eigenvalue weighted by Crippen LogP contribution is 2.43. The second-order valence-corrected chi connectivity index (χ2v) is 13.2. The lowest BCUT2D eigenvalue weighted by Gasteiger charge is -2.33. The lowest BCUT2D eigenvalue weighted by molar-refractivity contribution is 0.0479. The molecule has 0 radical (unpaired) electrons. The number of carbonyl (C=O) groups excluding carboxylic acids is 1. The van der Waals surface area contributed by atoms with Crippen LogP contribution >= 0.6 is 11.3 Å². The highest BCUT2D eigenvalue weighted by molar-refractivity contribution is 7.87. The monoisotopic (exact) mass is 569 g/mol. The molecule has 0 amide bonds. The zero-order valence-corrected chi connectivity index (χ0v) is 24.8. The number of esters is 1. The van der Waals surface area contributed by atoms with Crippen LogP contribution in [0, 0.1) is 6.92 Å². The molecule has 0 unspecified atom stereocenters. The summed E-state index contributed by atoms with van der Waals surface area (Å²) in [4.78, 5) is 14.5. The van der Waals surface area contributed by atoms with Gasteiger partial charge in [0.2, 0.25) is 0 Å². The lowest BCUT2D eigenvalue weighted by Crippen LogP contribution is -2.32. The maximum Gasteiger partial charge on any atom is 0.348 e. The molecule has 7 nitrogen and oxygen atoms in total. The predicted molar refractivity (Wildman–Crippen MR) is 157 cm³/mol. The number of ether oxygens (including phenoxy) is 2. The fourth-order valence-electron chi connectivity index (χ4n) is 4.81. The number of fused-ring (bicyclic) bond motifs is 1. The first-order valence-corrected chi connectivity index (χ1v) is 15.3. The molecule has 1 N–H and O–H groups in total. The Hall–Kier alpha value is -3.30. The molecule has 2 aromatic carbocycles. The summed E-state index contributed by atoms with van der Waals surface area (Å²) in [6, 6.07) is 12.6. The summed E-state index contributed by atoms with van der Waals surface area (Å²) in [7, 11) is -2.18. The molecule has 1 aliphatic heterocycles. The van der Waals surface area contributed by atoms with E-state index in [2.05, 4.69) is 32.2 Å². The Morgan fingerprint density at radius 3 is 2.46 bits per heavy atom. The third kappa shape index (κ3) is 6.65. The second kappa shape index (κ2) is 11.4. The Morgan fingerprint density at radius 2 is 1.79 bits per heavy atom. The van der Waals surface area contributed by atoms with Gasteiger partial charge in [-0.2, -0.15) is 8.42 Å². The summed E-state index contributed by atoms with van der Waals surface area (Å²) in [5.41, 5.74) is 5.11. The summed E-state index contributed by atoms with van der Waals surface area (Å²) < 4.78 is 41.6. The van der Waals surface area contributed by atoms with Crippen LogP contribution < -0.4 is 14.2 Å². The van der Waals surface area contributed by atoms with Crippen LogP contribution in [0.4, 0.5) is 5.69 Å². The maximum absolute atomic E-state index is 12.9. The minimum atomic E-state index is -3.71. The normalized spacial score (nSPS) is 14.2. The summed E-state index contributed by atoms with van der Waals surface area (Å²) in [6.07, 6.45) is 3.43. The fraction of sp³-hybridized carbons (Fsp3) is 0.367. The molecule has 208 valence electrons. The van der Waals surface area contributed by atoms with Crippen LogP contribution in [0.5, 0.6) is 11.5 Å². The van der Waals surface area contributed by atoms with Crippen molar-refractivity contribution in [2.24, 2.45) is 0 Å². The largest absolute Gasteiger partial charge is 0.496 e. The number of allylic oxidation sites excluding steroid dienone is 1. The molecule has 39 heavy (non-hydrogen) atoms. The van der Waals surface area contributed by atoms with Crippen molar-refractivity contribution in [3.05, 3.63) is 69.4 Å². The van der Waals surface area contributed by atoms with E-state index < -0.39 is 10.1 Å². The Kier molecular flexibility index (Phi) is 8.42. The van der Waals surface area contributed by atoms with Crippen LogP contribution in [0.1, 0.15) is 66.2 Å². The number of benzene rings is 2. The van der Waals surface area contributed by atoms with E-state index in [0.717, 1.165) is 44.8 Å². The molecule has 0 aliphatic carbocycles. The van der Waals surface area contributed by atoms with Crippen molar-refractivity contribution in [2.75, 3.05) is 18.2 Å². The maximum atomic E-state index is 12.9. The first-order chi connectivity index (χ1) is 18.4. The van der Waals surface area contributed by atoms with Crippen LogP contribution in [0.3, 0.4) is 0 Å². The molecule has 1 aliphatic rings. The smallest absolute Gasteiger partial charge is 0.348 e. The Bertz CT molecular complexity index is 1520. The highest BCUT2D eigenvalue weighted by atomic mass is 32.2. The van der Waals surface area contributed by atoms with Crippen molar-refractivity contribution >= 4 is 38.7 Å². The predicted octanol–water partition coefficient (Wildman–Crippen LogP) is 7.21. The van der Waals surface area contributed by atoms with E-state index in [1.54, 1.807) is 24.3 Å². The first-order valence-electron chi connectivity index (χ1n) is 12.9. The average molecular weight is 570 g/mol. The van der Waals surface area contributed by atoms with E-state index in [1.165, 1.54) is 18.4 Å². The van der Waals surface area contributed by atoms with Gasteiger partial charge in [0.05, 0.1) is 18.4 Å². The van der Waals surface area contributed by atoms with Crippen molar-refractivity contribution < 1.29 is 26.9 Å². The van der Waals surface area contributed by atoms with E-state index in [1.807, 2.05) is 32.0 Å². The van der Waals surface area contributed by atoms with E-state index >= 15 is 0 Å². The Labute approximate surface area is 234 Å². The second-order valence-electron chi connectivity index (χ2n) is 10.2. The summed E-state index contributed by atoms with van der Waals surface area (Å²) in [5, 5.41) is 3.56. The SMILES string of the molecule is CCCCS(=O)(=O)Oc1ccc(-c2ccc3c(c2COC(=O)c2ccc(C)s2)C(C)=CC(C)(C)N3)c(OC)c1. The van der Waals surface area contributed by atoms with Gasteiger partial charge in [0.15, 0.2) is 0 Å². The number of unbranched alkanes of at least 4 members (excludes halogenated alkanes) is 1. The molecule has 2 heterocycles. The molecule has 9 heteroatoms. The van der Waals surface area contributed by atoms with E-state index in [-0.39, 0.29) is 29.6 Å². The van der Waals surface area contributed by atoms with Crippen molar-refractivity contribution in [2.45, 2.75) is 59.6 Å². The summed E-state index contributed by atoms with van der Waals surface area (Å²) >= 11 is 1.40. The lowest BCUT2D eigenvalue weighted by atomic mass is 9.85. The van der Waals surface area contributed by atoms with Gasteiger partial charge >= 0.3 is 16.1 Å². The molecule has 3 aromatic rings. The molecular weight excluding hydrogens is 534 g/mol. The van der Waals surface area contributed by atoms with Crippen LogP contribution in [-0.2, 0) is 21.5 Å². The van der Waals surface area contributed by atoms with Crippen LogP contribution in [0.2, 0.25) is 0 Å². The first kappa shape index (κ1) is 28.7. The van der Waals surface area contributed by atoms with Gasteiger partial charge < -0.3 is 19.0 Å². The molecule has 0 bridgehead atoms. The molecule has 0 saturated heterocycles. The number of carbonyl (C=O) groups is 1. The van der Waals surface area contributed by atoms with Crippen molar-refractivity contribution in [1.29, 1.82) is 0 Å². The van der Waals surface area contributed by atoms with Crippen molar-refractivity contribution in [3.63, 3.8) is 0 Å². The van der Waals surface area contributed by atoms with Gasteiger partial charge in [0.25, 0.3) is 0 Å². The molecular formula is C30H35NO6S2. The van der Waals surface area contributed by atoms with E-state index in [4.69, 9.17) is 13.7 Å². The molecule has 0 fully saturated rings. The standard InChI is InChI=1S/C30H35NO6S2/c1-7-8-15-39(33,34)37-21-10-11-23(26(16-21)35-6)22-12-13-25-28(19(2)17-30(4,5)31-25)24(22)18-36-29(32)27-14-9-20(3)38-27/h9-14,16-17,31H,7-8,15,18H2,1-6H3. The van der Waals surface area contributed by atoms with Gasteiger partial charge in [0.1, 0.15) is 23.0 Å². The number of thiophene rings is 1. The molecule has 0 saturated carbocycles. The average Bonchev–Trinajstić information content (AvgIpc) is 3.31. The molecule has 4 rings (SSSR count). The zero-order chi connectivity index (χ0) is 28.4. The van der Waals surface area contributed by atoms with E-state index in [0.29, 0.717) is 17.0 Å². The number of anilines is 1. The molecule has 0 spiro atoms. The summed E-state index contributed by atoms with van der Waals surface area (Å²) in [6.45, 7) is 10.2. The number of nitrogens with one attached hydrogen (secondary N) is 1. The Morgan fingerprint density at radius 1 is 1.05 bits per heavy atom. The number of methoxy groups -OCH3 is 1. The van der Waals surface area contributed by atoms with Crippen LogP contribution in [0.25, 0.3) is 16.7 Å². The van der Waals surface area contributed by atoms with Crippen molar-refractivity contribution in [1.82, 2.24) is 0 Å². The van der Waals surface area contributed by atoms with Gasteiger partial charge in [-0.25, -0.2) is 4.79 Å². The van der Waals surface area contributed by atoms with Gasteiger partial charge in [0, 0.05) is 33.3 Å². The highest BCUT2D eigenvalue weighted by Gasteiger charge is 2.27. The molecule has 1 aromatic heterocycles. The number of aryl methyl sites for hydroxylation is 1. The zero-order valence-electron chi connectivity index (χ0n) is 23.2. The fourth-order valence-corrected chi connectivity index (χ4v) is 6.69. The minimum Gasteiger partial charge on any atom is -0.496 e. The van der Waals surface area contributed by atoms with Gasteiger partial charge in [-0.3, -0.25) is 0 Å². The van der Waals surface area contributed by atoms with Crippen LogP contribution in [0.15, 0.2) is 48.5 Å². The molecule has 0 atom stereocenters. The van der Waals surface area contributed by atoms with Gasteiger partial charge in [-0.1, -0.05) is 25.5 Å². The van der Waals surface area contributed by atoms with Crippen molar-refractivity contribution in [3.8, 4) is 22.6 Å². The third-order valence-corrected chi connectivity index (χ3v) is 8.68. The quantitative estimate of drug-likeness (QED) is 0.204. The van der Waals surface area contributed by atoms with Crippen LogP contribution in [-0.4, -0.2) is 32.8 Å². The topological polar surface area (TPSA) is 90.9 Å². The number of hydrogen-bond acceptors (Lipinski definition) is 8. The van der Waals surface area contributed by atoms with E-state index in [9.17, 15) is 13.2 Å². The van der Waals surface area contributed by atoms with Gasteiger partial charge in [-0.05, 0) is 75.6 Å². The minimum absolute atomic E-state index is 0.0490. The third-order valence-electron chi connectivity index (χ3n) is 6.46. The number of rotatable bonds is 10. The summed E-state index contributed by atoms with van der Waals surface area (Å²) in [5.74, 6) is 0.206.